The Morgan fingerprint density at radius 2 is 1.95 bits per heavy atom. The Balaban J connectivity index is 1.90. The lowest BCUT2D eigenvalue weighted by Crippen LogP contribution is -2.37. The largest absolute Gasteiger partial charge is 0.301 e. The number of anilines is 1. The summed E-state index contributed by atoms with van der Waals surface area (Å²) in [6.45, 7) is 0. The first kappa shape index (κ1) is 12.4. The molecule has 1 saturated carbocycles. The third-order valence-corrected chi connectivity index (χ3v) is 4.56. The molecule has 0 radical (unpaired) electrons. The van der Waals surface area contributed by atoms with Gasteiger partial charge in [0.15, 0.2) is 5.13 Å². The Bertz CT molecular complexity index is 545. The number of nitrogens with one attached hydrogen (secondary N) is 1. The first-order valence-electron chi connectivity index (χ1n) is 6.58. The SMILES string of the molecule is O=C(Nc1nccs1)C1(c2ccccc2)CCCC1. The number of carbonyl (C=O) groups is 1. The lowest BCUT2D eigenvalue weighted by atomic mass is 9.78. The van der Waals surface area contributed by atoms with Crippen LogP contribution in [0.25, 0.3) is 0 Å². The highest BCUT2D eigenvalue weighted by Crippen LogP contribution is 2.42. The first-order chi connectivity index (χ1) is 9.31. The van der Waals surface area contributed by atoms with Crippen LogP contribution in [0.5, 0.6) is 0 Å². The molecule has 1 aliphatic rings. The zero-order valence-electron chi connectivity index (χ0n) is 10.6. The minimum Gasteiger partial charge on any atom is -0.301 e. The Morgan fingerprint density at radius 3 is 2.58 bits per heavy atom. The summed E-state index contributed by atoms with van der Waals surface area (Å²) < 4.78 is 0. The third kappa shape index (κ3) is 2.28. The zero-order chi connectivity index (χ0) is 13.1. The van der Waals surface area contributed by atoms with Crippen LogP contribution in [0.2, 0.25) is 0 Å². The summed E-state index contributed by atoms with van der Waals surface area (Å²) >= 11 is 1.46. The van der Waals surface area contributed by atoms with E-state index in [1.165, 1.54) is 11.3 Å². The number of hydrogen-bond donors (Lipinski definition) is 1. The maximum Gasteiger partial charge on any atom is 0.236 e. The van der Waals surface area contributed by atoms with Crippen molar-refractivity contribution in [3.8, 4) is 0 Å². The number of carbonyl (C=O) groups excluding carboxylic acids is 1. The summed E-state index contributed by atoms with van der Waals surface area (Å²) in [6.07, 6.45) is 5.78. The smallest absolute Gasteiger partial charge is 0.236 e. The molecule has 3 rings (SSSR count). The average molecular weight is 272 g/mol. The Morgan fingerprint density at radius 1 is 1.21 bits per heavy atom. The molecule has 4 heteroatoms. The van der Waals surface area contributed by atoms with Gasteiger partial charge in [-0.15, -0.1) is 11.3 Å². The second-order valence-corrected chi connectivity index (χ2v) is 5.84. The number of nitrogens with zero attached hydrogens (tertiary/aromatic N) is 1. The molecule has 98 valence electrons. The van der Waals surface area contributed by atoms with Crippen LogP contribution in [-0.2, 0) is 10.2 Å². The molecular weight excluding hydrogens is 256 g/mol. The van der Waals surface area contributed by atoms with Crippen LogP contribution >= 0.6 is 11.3 Å². The van der Waals surface area contributed by atoms with Gasteiger partial charge in [0.25, 0.3) is 0 Å². The molecule has 3 nitrogen and oxygen atoms in total. The zero-order valence-corrected chi connectivity index (χ0v) is 11.5. The van der Waals surface area contributed by atoms with E-state index in [4.69, 9.17) is 0 Å². The summed E-state index contributed by atoms with van der Waals surface area (Å²) in [6, 6.07) is 10.1. The molecule has 1 heterocycles. The molecule has 0 saturated heterocycles. The molecule has 0 bridgehead atoms. The van der Waals surface area contributed by atoms with Crippen molar-refractivity contribution < 1.29 is 4.79 Å². The maximum absolute atomic E-state index is 12.7. The van der Waals surface area contributed by atoms with Crippen molar-refractivity contribution in [3.63, 3.8) is 0 Å². The predicted molar refractivity (Wildman–Crippen MR) is 77.3 cm³/mol. The number of benzene rings is 1. The fourth-order valence-electron chi connectivity index (χ4n) is 2.88. The van der Waals surface area contributed by atoms with E-state index in [1.807, 2.05) is 23.6 Å². The third-order valence-electron chi connectivity index (χ3n) is 3.87. The van der Waals surface area contributed by atoms with Crippen molar-refractivity contribution in [3.05, 3.63) is 47.5 Å². The van der Waals surface area contributed by atoms with Crippen LogP contribution in [-0.4, -0.2) is 10.9 Å². The molecule has 1 aliphatic carbocycles. The molecule has 19 heavy (non-hydrogen) atoms. The Hall–Kier alpha value is -1.68. The molecule has 1 fully saturated rings. The molecule has 1 aromatic carbocycles. The summed E-state index contributed by atoms with van der Waals surface area (Å²) in [7, 11) is 0. The van der Waals surface area contributed by atoms with Gasteiger partial charge in [0.1, 0.15) is 0 Å². The van der Waals surface area contributed by atoms with Gasteiger partial charge in [-0.05, 0) is 18.4 Å². The lowest BCUT2D eigenvalue weighted by Gasteiger charge is -2.27. The van der Waals surface area contributed by atoms with E-state index in [0.29, 0.717) is 5.13 Å². The van der Waals surface area contributed by atoms with E-state index in [2.05, 4.69) is 22.4 Å². The number of amides is 1. The number of hydrogen-bond acceptors (Lipinski definition) is 3. The van der Waals surface area contributed by atoms with Crippen LogP contribution in [0.1, 0.15) is 31.2 Å². The monoisotopic (exact) mass is 272 g/mol. The van der Waals surface area contributed by atoms with Gasteiger partial charge in [-0.3, -0.25) is 4.79 Å². The van der Waals surface area contributed by atoms with Gasteiger partial charge in [0.05, 0.1) is 5.41 Å². The molecule has 0 aliphatic heterocycles. The summed E-state index contributed by atoms with van der Waals surface area (Å²) in [5.41, 5.74) is 0.758. The molecule has 0 spiro atoms. The highest BCUT2D eigenvalue weighted by molar-refractivity contribution is 7.13. The first-order valence-corrected chi connectivity index (χ1v) is 7.46. The van der Waals surface area contributed by atoms with Crippen LogP contribution in [0.3, 0.4) is 0 Å². The number of thiazole rings is 1. The van der Waals surface area contributed by atoms with Crippen molar-refractivity contribution >= 4 is 22.4 Å². The predicted octanol–water partition coefficient (Wildman–Crippen LogP) is 3.59. The molecular formula is C15H16N2OS. The summed E-state index contributed by atoms with van der Waals surface area (Å²) in [5.74, 6) is 0.0890. The highest BCUT2D eigenvalue weighted by atomic mass is 32.1. The number of rotatable bonds is 3. The fourth-order valence-corrected chi connectivity index (χ4v) is 3.41. The molecule has 1 N–H and O–H groups in total. The van der Waals surface area contributed by atoms with E-state index >= 15 is 0 Å². The van der Waals surface area contributed by atoms with Gasteiger partial charge in [0, 0.05) is 11.6 Å². The average Bonchev–Trinajstić information content (AvgIpc) is 3.11. The summed E-state index contributed by atoms with van der Waals surface area (Å²) in [5, 5.41) is 5.53. The van der Waals surface area contributed by atoms with Crippen molar-refractivity contribution in [2.75, 3.05) is 5.32 Å². The van der Waals surface area contributed by atoms with E-state index in [0.717, 1.165) is 31.2 Å². The Labute approximate surface area is 116 Å². The van der Waals surface area contributed by atoms with Gasteiger partial charge >= 0.3 is 0 Å². The maximum atomic E-state index is 12.7. The molecule has 1 aromatic heterocycles. The molecule has 0 unspecified atom stereocenters. The van der Waals surface area contributed by atoms with E-state index in [9.17, 15) is 4.79 Å². The van der Waals surface area contributed by atoms with Crippen molar-refractivity contribution in [2.24, 2.45) is 0 Å². The normalized spacial score (nSPS) is 17.3. The fraction of sp³-hybridized carbons (Fsp3) is 0.333. The van der Waals surface area contributed by atoms with E-state index < -0.39 is 0 Å². The lowest BCUT2D eigenvalue weighted by molar-refractivity contribution is -0.121. The van der Waals surface area contributed by atoms with Crippen LogP contribution in [0.15, 0.2) is 41.9 Å². The highest BCUT2D eigenvalue weighted by Gasteiger charge is 2.42. The van der Waals surface area contributed by atoms with Crippen molar-refractivity contribution in [1.82, 2.24) is 4.98 Å². The minimum absolute atomic E-state index is 0.0890. The standard InChI is InChI=1S/C15H16N2OS/c18-13(17-14-16-10-11-19-14)15(8-4-5-9-15)12-6-2-1-3-7-12/h1-3,6-7,10-11H,4-5,8-9H2,(H,16,17,18). The van der Waals surface area contributed by atoms with Crippen LogP contribution in [0.4, 0.5) is 5.13 Å². The Kier molecular flexibility index (Phi) is 3.34. The topological polar surface area (TPSA) is 42.0 Å². The van der Waals surface area contributed by atoms with Crippen LogP contribution in [0, 0.1) is 0 Å². The van der Waals surface area contributed by atoms with E-state index in [-0.39, 0.29) is 11.3 Å². The van der Waals surface area contributed by atoms with Gasteiger partial charge in [-0.1, -0.05) is 43.2 Å². The van der Waals surface area contributed by atoms with Crippen molar-refractivity contribution in [2.45, 2.75) is 31.1 Å². The second kappa shape index (κ2) is 5.13. The van der Waals surface area contributed by atoms with Gasteiger partial charge in [-0.2, -0.15) is 0 Å². The van der Waals surface area contributed by atoms with Gasteiger partial charge in [0.2, 0.25) is 5.91 Å². The van der Waals surface area contributed by atoms with Gasteiger partial charge in [-0.25, -0.2) is 4.98 Å². The molecule has 1 amide bonds. The quantitative estimate of drug-likeness (QED) is 0.927. The number of aromatic nitrogens is 1. The molecule has 0 atom stereocenters. The van der Waals surface area contributed by atoms with Crippen molar-refractivity contribution in [1.29, 1.82) is 0 Å². The minimum atomic E-state index is -0.368. The molecule has 2 aromatic rings. The van der Waals surface area contributed by atoms with Gasteiger partial charge < -0.3 is 5.32 Å². The van der Waals surface area contributed by atoms with E-state index in [1.54, 1.807) is 6.20 Å². The second-order valence-electron chi connectivity index (χ2n) is 4.95. The summed E-state index contributed by atoms with van der Waals surface area (Å²) in [4.78, 5) is 16.8. The van der Waals surface area contributed by atoms with Crippen LogP contribution < -0.4 is 5.32 Å².